The van der Waals surface area contributed by atoms with E-state index in [4.69, 9.17) is 4.74 Å². The molecule has 0 aliphatic carbocycles. The molecule has 1 aliphatic heterocycles. The monoisotopic (exact) mass is 302 g/mol. The molecular formula is C13H22N2O6. The van der Waals surface area contributed by atoms with Crippen LogP contribution in [0.5, 0.6) is 0 Å². The van der Waals surface area contributed by atoms with Crippen LogP contribution in [0, 0.1) is 0 Å². The predicted molar refractivity (Wildman–Crippen MR) is 72.6 cm³/mol. The zero-order valence-corrected chi connectivity index (χ0v) is 12.4. The van der Waals surface area contributed by atoms with Gasteiger partial charge in [-0.1, -0.05) is 0 Å². The van der Waals surface area contributed by atoms with Crippen LogP contribution in [0.25, 0.3) is 0 Å². The lowest BCUT2D eigenvalue weighted by Gasteiger charge is -2.23. The van der Waals surface area contributed by atoms with E-state index in [2.05, 4.69) is 14.8 Å². The van der Waals surface area contributed by atoms with Gasteiger partial charge in [-0.25, -0.2) is 4.79 Å². The lowest BCUT2D eigenvalue weighted by atomic mass is 10.2. The van der Waals surface area contributed by atoms with E-state index in [1.807, 2.05) is 0 Å². The fourth-order valence-electron chi connectivity index (χ4n) is 2.07. The normalized spacial score (nSPS) is 17.6. The molecule has 1 fully saturated rings. The number of esters is 1. The van der Waals surface area contributed by atoms with Gasteiger partial charge in [0.2, 0.25) is 5.91 Å². The number of nitrogens with one attached hydrogen (secondary N) is 1. The second kappa shape index (κ2) is 9.30. The Morgan fingerprint density at radius 1 is 1.29 bits per heavy atom. The van der Waals surface area contributed by atoms with E-state index in [9.17, 15) is 14.4 Å². The number of rotatable bonds is 7. The van der Waals surface area contributed by atoms with Gasteiger partial charge in [0.15, 0.2) is 0 Å². The van der Waals surface area contributed by atoms with E-state index in [1.165, 1.54) is 14.2 Å². The maximum absolute atomic E-state index is 11.7. The average molecular weight is 302 g/mol. The quantitative estimate of drug-likeness (QED) is 0.657. The van der Waals surface area contributed by atoms with Crippen LogP contribution in [0.4, 0.5) is 4.79 Å². The molecule has 0 bridgehead atoms. The SMILES string of the molecule is COC(=O)CCN(CC(=O)NC(=O)OC)CC1CCCO1. The van der Waals surface area contributed by atoms with E-state index < -0.39 is 12.0 Å². The van der Waals surface area contributed by atoms with E-state index >= 15 is 0 Å². The average Bonchev–Trinajstić information content (AvgIpc) is 2.96. The predicted octanol–water partition coefficient (Wildman–Crippen LogP) is -0.0869. The van der Waals surface area contributed by atoms with Gasteiger partial charge in [-0.3, -0.25) is 19.8 Å². The minimum absolute atomic E-state index is 0.00798. The number of carbonyl (C=O) groups is 3. The third-order valence-electron chi connectivity index (χ3n) is 3.14. The summed E-state index contributed by atoms with van der Waals surface area (Å²) < 4.78 is 14.5. The first kappa shape index (κ1) is 17.4. The number of ether oxygens (including phenoxy) is 3. The van der Waals surface area contributed by atoms with Crippen molar-refractivity contribution in [2.24, 2.45) is 0 Å². The van der Waals surface area contributed by atoms with Crippen LogP contribution in [0.15, 0.2) is 0 Å². The highest BCUT2D eigenvalue weighted by atomic mass is 16.5. The van der Waals surface area contributed by atoms with Crippen LogP contribution >= 0.6 is 0 Å². The summed E-state index contributed by atoms with van der Waals surface area (Å²) in [6.07, 6.45) is 1.34. The van der Waals surface area contributed by atoms with Crippen molar-refractivity contribution >= 4 is 18.0 Å². The Labute approximate surface area is 123 Å². The van der Waals surface area contributed by atoms with Crippen molar-refractivity contribution in [3.8, 4) is 0 Å². The van der Waals surface area contributed by atoms with Gasteiger partial charge in [-0.05, 0) is 12.8 Å². The van der Waals surface area contributed by atoms with Gasteiger partial charge in [-0.2, -0.15) is 0 Å². The van der Waals surface area contributed by atoms with Crippen molar-refractivity contribution in [3.63, 3.8) is 0 Å². The molecule has 0 spiro atoms. The van der Waals surface area contributed by atoms with Crippen LogP contribution < -0.4 is 5.32 Å². The molecule has 2 amide bonds. The van der Waals surface area contributed by atoms with Crippen molar-refractivity contribution in [2.75, 3.05) is 40.5 Å². The molecule has 0 aromatic heterocycles. The molecule has 120 valence electrons. The minimum atomic E-state index is -0.801. The van der Waals surface area contributed by atoms with Gasteiger partial charge in [0.1, 0.15) is 0 Å². The molecule has 0 aromatic rings. The first-order chi connectivity index (χ1) is 10.0. The third kappa shape index (κ3) is 7.05. The van der Waals surface area contributed by atoms with E-state index in [0.717, 1.165) is 12.8 Å². The van der Waals surface area contributed by atoms with E-state index in [1.54, 1.807) is 4.90 Å². The fourth-order valence-corrected chi connectivity index (χ4v) is 2.07. The molecule has 1 heterocycles. The Bertz CT molecular complexity index is 368. The van der Waals surface area contributed by atoms with Crippen molar-refractivity contribution < 1.29 is 28.6 Å². The van der Waals surface area contributed by atoms with Crippen molar-refractivity contribution in [2.45, 2.75) is 25.4 Å². The van der Waals surface area contributed by atoms with Crippen molar-refractivity contribution in [3.05, 3.63) is 0 Å². The summed E-state index contributed by atoms with van der Waals surface area (Å²) in [7, 11) is 2.50. The van der Waals surface area contributed by atoms with Crippen molar-refractivity contribution in [1.29, 1.82) is 0 Å². The molecule has 1 rings (SSSR count). The first-order valence-corrected chi connectivity index (χ1v) is 6.83. The molecule has 0 radical (unpaired) electrons. The topological polar surface area (TPSA) is 94.2 Å². The van der Waals surface area contributed by atoms with Gasteiger partial charge >= 0.3 is 12.1 Å². The minimum Gasteiger partial charge on any atom is -0.469 e. The fraction of sp³-hybridized carbons (Fsp3) is 0.769. The summed E-state index contributed by atoms with van der Waals surface area (Å²) in [5.41, 5.74) is 0. The molecule has 0 saturated carbocycles. The zero-order valence-electron chi connectivity index (χ0n) is 12.4. The summed E-state index contributed by atoms with van der Waals surface area (Å²) in [6, 6.07) is 0. The Morgan fingerprint density at radius 3 is 2.62 bits per heavy atom. The number of nitrogens with zero attached hydrogens (tertiary/aromatic N) is 1. The standard InChI is InChI=1S/C13H22N2O6/c1-19-12(17)5-6-15(8-10-4-3-7-21-10)9-11(16)14-13(18)20-2/h10H,3-9H2,1-2H3,(H,14,16,18). The van der Waals surface area contributed by atoms with Gasteiger partial charge < -0.3 is 14.2 Å². The van der Waals surface area contributed by atoms with Crippen LogP contribution in [-0.2, 0) is 23.8 Å². The molecule has 8 nitrogen and oxygen atoms in total. The molecule has 1 atom stereocenters. The lowest BCUT2D eigenvalue weighted by molar-refractivity contribution is -0.141. The van der Waals surface area contributed by atoms with E-state index in [0.29, 0.717) is 19.7 Å². The number of hydrogen-bond acceptors (Lipinski definition) is 7. The summed E-state index contributed by atoms with van der Waals surface area (Å²) in [6.45, 7) is 1.60. The molecule has 1 aliphatic rings. The van der Waals surface area contributed by atoms with Crippen LogP contribution in [0.1, 0.15) is 19.3 Å². The molecular weight excluding hydrogens is 280 g/mol. The van der Waals surface area contributed by atoms with E-state index in [-0.39, 0.29) is 25.0 Å². The number of imide groups is 1. The Hall–Kier alpha value is -1.67. The van der Waals surface area contributed by atoms with Gasteiger partial charge in [0.05, 0.1) is 33.3 Å². The maximum atomic E-state index is 11.7. The molecule has 0 aromatic carbocycles. The molecule has 1 saturated heterocycles. The first-order valence-electron chi connectivity index (χ1n) is 6.83. The third-order valence-corrected chi connectivity index (χ3v) is 3.14. The Balaban J connectivity index is 2.46. The van der Waals surface area contributed by atoms with Crippen LogP contribution in [0.3, 0.4) is 0 Å². The highest BCUT2D eigenvalue weighted by Crippen LogP contribution is 2.13. The number of methoxy groups -OCH3 is 2. The maximum Gasteiger partial charge on any atom is 0.413 e. The summed E-state index contributed by atoms with van der Waals surface area (Å²) in [5, 5.41) is 2.09. The zero-order chi connectivity index (χ0) is 15.7. The van der Waals surface area contributed by atoms with Gasteiger partial charge in [-0.15, -0.1) is 0 Å². The van der Waals surface area contributed by atoms with Crippen LogP contribution in [-0.4, -0.2) is 69.4 Å². The summed E-state index contributed by atoms with van der Waals surface area (Å²) >= 11 is 0. The summed E-state index contributed by atoms with van der Waals surface area (Å²) in [5.74, 6) is -0.828. The molecule has 1 unspecified atom stereocenters. The molecule has 8 heteroatoms. The number of amides is 2. The van der Waals surface area contributed by atoms with Crippen molar-refractivity contribution in [1.82, 2.24) is 10.2 Å². The smallest absolute Gasteiger partial charge is 0.413 e. The number of carbonyl (C=O) groups excluding carboxylic acids is 3. The largest absolute Gasteiger partial charge is 0.469 e. The molecule has 1 N–H and O–H groups in total. The highest BCUT2D eigenvalue weighted by Gasteiger charge is 2.22. The second-order valence-electron chi connectivity index (χ2n) is 4.74. The Kier molecular flexibility index (Phi) is 7.70. The highest BCUT2D eigenvalue weighted by molar-refractivity contribution is 5.92. The molecule has 21 heavy (non-hydrogen) atoms. The number of hydrogen-bond donors (Lipinski definition) is 1. The number of alkyl carbamates (subject to hydrolysis) is 1. The Morgan fingerprint density at radius 2 is 2.05 bits per heavy atom. The second-order valence-corrected chi connectivity index (χ2v) is 4.74. The lowest BCUT2D eigenvalue weighted by Crippen LogP contribution is -2.43. The van der Waals surface area contributed by atoms with Crippen LogP contribution in [0.2, 0.25) is 0 Å². The summed E-state index contributed by atoms with van der Waals surface area (Å²) in [4.78, 5) is 35.7. The van der Waals surface area contributed by atoms with Gasteiger partial charge in [0.25, 0.3) is 0 Å². The van der Waals surface area contributed by atoms with Gasteiger partial charge in [0, 0.05) is 19.7 Å².